The maximum atomic E-state index is 12.0. The number of carbonyl (C=O) groups is 1. The smallest absolute Gasteiger partial charge is 0.265 e. The molecule has 1 unspecified atom stereocenters. The third-order valence-corrected chi connectivity index (χ3v) is 4.61. The van der Waals surface area contributed by atoms with E-state index < -0.39 is 9.05 Å². The molecule has 1 aromatic carbocycles. The van der Waals surface area contributed by atoms with Crippen LogP contribution in [-0.2, 0) is 13.8 Å². The number of amides is 1. The van der Waals surface area contributed by atoms with Gasteiger partial charge in [0.05, 0.1) is 13.7 Å². The number of rotatable bonds is 5. The number of ether oxygens (including phenoxy) is 2. The summed E-state index contributed by atoms with van der Waals surface area (Å²) in [6.45, 7) is 1.83. The Hall–Kier alpha value is -1.31. The average Bonchev–Trinajstić information content (AvgIpc) is 2.96. The molecule has 21 heavy (non-hydrogen) atoms. The summed E-state index contributed by atoms with van der Waals surface area (Å²) in [6.07, 6.45) is 0.907. The van der Waals surface area contributed by atoms with Crippen molar-refractivity contribution in [3.05, 3.63) is 23.8 Å². The first-order valence-electron chi connectivity index (χ1n) is 6.40. The van der Waals surface area contributed by atoms with Crippen LogP contribution in [0.15, 0.2) is 23.1 Å². The van der Waals surface area contributed by atoms with E-state index in [1.807, 2.05) is 0 Å². The molecule has 1 fully saturated rings. The van der Waals surface area contributed by atoms with E-state index in [4.69, 9.17) is 20.2 Å². The molecule has 0 spiro atoms. The Kier molecular flexibility index (Phi) is 5.08. The molecule has 1 atom stereocenters. The van der Waals surface area contributed by atoms with E-state index in [1.54, 1.807) is 0 Å². The van der Waals surface area contributed by atoms with Crippen LogP contribution >= 0.6 is 10.7 Å². The molecule has 0 bridgehead atoms. The summed E-state index contributed by atoms with van der Waals surface area (Å²) in [6, 6.07) is 4.11. The molecule has 0 radical (unpaired) electrons. The summed E-state index contributed by atoms with van der Waals surface area (Å²) >= 11 is 0. The second-order valence-corrected chi connectivity index (χ2v) is 7.28. The highest BCUT2D eigenvalue weighted by atomic mass is 35.7. The zero-order valence-corrected chi connectivity index (χ0v) is 13.0. The fraction of sp³-hybridized carbons (Fsp3) is 0.462. The van der Waals surface area contributed by atoms with Gasteiger partial charge >= 0.3 is 0 Å². The molecule has 1 amide bonds. The van der Waals surface area contributed by atoms with Gasteiger partial charge in [-0.1, -0.05) is 0 Å². The number of benzene rings is 1. The van der Waals surface area contributed by atoms with Crippen LogP contribution in [0.3, 0.4) is 0 Å². The number of hydrogen-bond acceptors (Lipinski definition) is 5. The highest BCUT2D eigenvalue weighted by Gasteiger charge is 2.21. The van der Waals surface area contributed by atoms with Gasteiger partial charge in [-0.2, -0.15) is 0 Å². The minimum atomic E-state index is -3.98. The minimum Gasteiger partial charge on any atom is -0.495 e. The van der Waals surface area contributed by atoms with Gasteiger partial charge in [-0.15, -0.1) is 0 Å². The van der Waals surface area contributed by atoms with Crippen molar-refractivity contribution in [2.24, 2.45) is 5.92 Å². The van der Waals surface area contributed by atoms with E-state index in [-0.39, 0.29) is 22.1 Å². The van der Waals surface area contributed by atoms with E-state index >= 15 is 0 Å². The van der Waals surface area contributed by atoms with Crippen molar-refractivity contribution in [3.8, 4) is 5.75 Å². The Morgan fingerprint density at radius 3 is 2.86 bits per heavy atom. The van der Waals surface area contributed by atoms with E-state index in [9.17, 15) is 13.2 Å². The van der Waals surface area contributed by atoms with Crippen molar-refractivity contribution in [3.63, 3.8) is 0 Å². The van der Waals surface area contributed by atoms with Crippen molar-refractivity contribution >= 4 is 25.6 Å². The number of halogens is 1. The predicted molar refractivity (Wildman–Crippen MR) is 77.3 cm³/mol. The topological polar surface area (TPSA) is 81.7 Å². The molecule has 0 aromatic heterocycles. The normalized spacial score (nSPS) is 18.5. The number of nitrogens with one attached hydrogen (secondary N) is 1. The third-order valence-electron chi connectivity index (χ3n) is 3.26. The zero-order chi connectivity index (χ0) is 15.5. The van der Waals surface area contributed by atoms with Crippen LogP contribution < -0.4 is 10.1 Å². The zero-order valence-electron chi connectivity index (χ0n) is 11.5. The summed E-state index contributed by atoms with van der Waals surface area (Å²) in [5, 5.41) is 2.76. The van der Waals surface area contributed by atoms with Gasteiger partial charge in [0.25, 0.3) is 15.0 Å². The molecule has 1 N–H and O–H groups in total. The van der Waals surface area contributed by atoms with Crippen LogP contribution in [0.4, 0.5) is 0 Å². The fourth-order valence-corrected chi connectivity index (χ4v) is 3.11. The van der Waals surface area contributed by atoms with Crippen LogP contribution in [0.5, 0.6) is 5.75 Å². The second-order valence-electron chi connectivity index (χ2n) is 4.74. The van der Waals surface area contributed by atoms with Gasteiger partial charge in [0.2, 0.25) is 0 Å². The first kappa shape index (κ1) is 16.1. The van der Waals surface area contributed by atoms with Gasteiger partial charge in [-0.05, 0) is 24.6 Å². The average molecular weight is 334 g/mol. The molecular weight excluding hydrogens is 318 g/mol. The summed E-state index contributed by atoms with van der Waals surface area (Å²) in [5.74, 6) is 0.0419. The lowest BCUT2D eigenvalue weighted by Crippen LogP contribution is -2.29. The predicted octanol–water partition coefficient (Wildman–Crippen LogP) is 1.39. The maximum Gasteiger partial charge on any atom is 0.265 e. The van der Waals surface area contributed by atoms with Gasteiger partial charge in [-0.3, -0.25) is 4.79 Å². The lowest BCUT2D eigenvalue weighted by molar-refractivity contribution is 0.0944. The van der Waals surface area contributed by atoms with E-state index in [0.717, 1.165) is 6.42 Å². The van der Waals surface area contributed by atoms with Gasteiger partial charge < -0.3 is 14.8 Å². The molecule has 1 saturated heterocycles. The van der Waals surface area contributed by atoms with Crippen LogP contribution in [-0.4, -0.2) is 41.2 Å². The van der Waals surface area contributed by atoms with Crippen molar-refractivity contribution < 1.29 is 22.7 Å². The largest absolute Gasteiger partial charge is 0.495 e. The SMILES string of the molecule is COc1ccc(C(=O)NCC2CCOC2)cc1S(=O)(=O)Cl. The molecule has 116 valence electrons. The first-order valence-corrected chi connectivity index (χ1v) is 8.71. The van der Waals surface area contributed by atoms with Crippen LogP contribution in [0.2, 0.25) is 0 Å². The summed E-state index contributed by atoms with van der Waals surface area (Å²) in [5.41, 5.74) is 0.217. The molecule has 0 saturated carbocycles. The lowest BCUT2D eigenvalue weighted by atomic mass is 10.1. The maximum absolute atomic E-state index is 12.0. The van der Waals surface area contributed by atoms with Crippen LogP contribution in [0.25, 0.3) is 0 Å². The Bertz CT molecular complexity index is 625. The third kappa shape index (κ3) is 4.09. The number of methoxy groups -OCH3 is 1. The van der Waals surface area contributed by atoms with Crippen molar-refractivity contribution in [1.29, 1.82) is 0 Å². The van der Waals surface area contributed by atoms with Gasteiger partial charge in [-0.25, -0.2) is 8.42 Å². The molecule has 8 heteroatoms. The Balaban J connectivity index is 2.13. The molecule has 1 aliphatic heterocycles. The Morgan fingerprint density at radius 2 is 2.29 bits per heavy atom. The first-order chi connectivity index (χ1) is 9.91. The van der Waals surface area contributed by atoms with Gasteiger partial charge in [0, 0.05) is 35.3 Å². The summed E-state index contributed by atoms with van der Waals surface area (Å²) in [4.78, 5) is 11.8. The van der Waals surface area contributed by atoms with Gasteiger partial charge in [0.15, 0.2) is 0 Å². The summed E-state index contributed by atoms with van der Waals surface area (Å²) in [7, 11) is 2.69. The van der Waals surface area contributed by atoms with Crippen molar-refractivity contribution in [1.82, 2.24) is 5.32 Å². The van der Waals surface area contributed by atoms with Crippen LogP contribution in [0.1, 0.15) is 16.8 Å². The minimum absolute atomic E-state index is 0.103. The Morgan fingerprint density at radius 1 is 1.52 bits per heavy atom. The molecule has 2 rings (SSSR count). The monoisotopic (exact) mass is 333 g/mol. The highest BCUT2D eigenvalue weighted by Crippen LogP contribution is 2.27. The summed E-state index contributed by atoms with van der Waals surface area (Å²) < 4.78 is 33.1. The van der Waals surface area contributed by atoms with E-state index in [2.05, 4.69) is 5.32 Å². The van der Waals surface area contributed by atoms with Crippen molar-refractivity contribution in [2.75, 3.05) is 26.9 Å². The quantitative estimate of drug-likeness (QED) is 0.823. The van der Waals surface area contributed by atoms with Crippen LogP contribution in [0, 0.1) is 5.92 Å². The van der Waals surface area contributed by atoms with E-state index in [0.29, 0.717) is 25.7 Å². The van der Waals surface area contributed by atoms with Crippen molar-refractivity contribution in [2.45, 2.75) is 11.3 Å². The number of carbonyl (C=O) groups excluding carboxylic acids is 1. The second kappa shape index (κ2) is 6.64. The highest BCUT2D eigenvalue weighted by molar-refractivity contribution is 8.13. The fourth-order valence-electron chi connectivity index (χ4n) is 2.09. The lowest BCUT2D eigenvalue weighted by Gasteiger charge is -2.11. The van der Waals surface area contributed by atoms with E-state index in [1.165, 1.54) is 25.3 Å². The number of hydrogen-bond donors (Lipinski definition) is 1. The molecule has 6 nitrogen and oxygen atoms in total. The standard InChI is InChI=1S/C13H16ClNO5S/c1-19-11-3-2-10(6-12(11)21(14,17)18)13(16)15-7-9-4-5-20-8-9/h2-3,6,9H,4-5,7-8H2,1H3,(H,15,16). The van der Waals surface area contributed by atoms with Gasteiger partial charge in [0.1, 0.15) is 10.6 Å². The molecule has 1 heterocycles. The molecule has 0 aliphatic carbocycles. The Labute approximate surface area is 127 Å². The molecular formula is C13H16ClNO5S. The molecule has 1 aromatic rings. The molecule has 1 aliphatic rings.